The van der Waals surface area contributed by atoms with Gasteiger partial charge >= 0.3 is 0 Å². The van der Waals surface area contributed by atoms with Crippen molar-refractivity contribution in [2.45, 2.75) is 38.7 Å². The quantitative estimate of drug-likeness (QED) is 0.750. The van der Waals surface area contributed by atoms with Crippen molar-refractivity contribution >= 4 is 18.5 Å². The summed E-state index contributed by atoms with van der Waals surface area (Å²) in [7, 11) is 1.64. The number of thiol groups is 1. The fourth-order valence-corrected chi connectivity index (χ4v) is 2.49. The third-order valence-corrected chi connectivity index (χ3v) is 3.72. The Morgan fingerprint density at radius 2 is 2.13 bits per heavy atom. The third-order valence-electron chi connectivity index (χ3n) is 3.23. The minimum absolute atomic E-state index is 0.0334. The highest BCUT2D eigenvalue weighted by Gasteiger charge is 2.34. The summed E-state index contributed by atoms with van der Waals surface area (Å²) in [6, 6.07) is 0. The fourth-order valence-electron chi connectivity index (χ4n) is 1.92. The van der Waals surface area contributed by atoms with Crippen LogP contribution < -0.4 is 0 Å². The molecule has 0 aromatic carbocycles. The largest absolute Gasteiger partial charge is 0.381 e. The molecule has 1 saturated heterocycles. The Labute approximate surface area is 97.6 Å². The van der Waals surface area contributed by atoms with Crippen LogP contribution in [0.15, 0.2) is 0 Å². The zero-order chi connectivity index (χ0) is 11.6. The molecule has 4 heteroatoms. The molecule has 0 radical (unpaired) electrons. The van der Waals surface area contributed by atoms with Crippen LogP contribution in [0, 0.1) is 11.8 Å². The molecule has 1 aliphatic heterocycles. The first-order chi connectivity index (χ1) is 6.97. The molecule has 0 saturated carbocycles. The molecule has 0 N–H and O–H groups in total. The molecule has 0 aliphatic carbocycles. The Morgan fingerprint density at radius 1 is 1.53 bits per heavy atom. The van der Waals surface area contributed by atoms with E-state index in [1.807, 2.05) is 18.7 Å². The first-order valence-electron chi connectivity index (χ1n) is 5.48. The Kier molecular flexibility index (Phi) is 4.46. The second-order valence-electron chi connectivity index (χ2n) is 4.54. The van der Waals surface area contributed by atoms with E-state index in [1.165, 1.54) is 0 Å². The van der Waals surface area contributed by atoms with E-state index in [0.29, 0.717) is 5.92 Å². The monoisotopic (exact) mass is 231 g/mol. The average molecular weight is 231 g/mol. The number of carbonyl (C=O) groups excluding carboxylic acids is 1. The molecule has 1 rings (SSSR count). The van der Waals surface area contributed by atoms with Crippen LogP contribution in [0.5, 0.6) is 0 Å². The molecule has 3 unspecified atom stereocenters. The molecule has 0 aromatic rings. The van der Waals surface area contributed by atoms with Gasteiger partial charge in [0.1, 0.15) is 0 Å². The van der Waals surface area contributed by atoms with Gasteiger partial charge in [-0.15, -0.1) is 0 Å². The molecule has 88 valence electrons. The van der Waals surface area contributed by atoms with Gasteiger partial charge in [0.2, 0.25) is 5.91 Å². The van der Waals surface area contributed by atoms with Crippen LogP contribution in [0.4, 0.5) is 0 Å². The first-order valence-corrected chi connectivity index (χ1v) is 6.00. The lowest BCUT2D eigenvalue weighted by atomic mass is 10.0. The maximum absolute atomic E-state index is 12.1. The minimum Gasteiger partial charge on any atom is -0.381 e. The normalized spacial score (nSPS) is 30.3. The van der Waals surface area contributed by atoms with Gasteiger partial charge in [0.05, 0.1) is 17.4 Å². The van der Waals surface area contributed by atoms with Crippen molar-refractivity contribution in [3.05, 3.63) is 0 Å². The minimum atomic E-state index is -0.0880. The highest BCUT2D eigenvalue weighted by Crippen LogP contribution is 2.27. The van der Waals surface area contributed by atoms with E-state index in [2.05, 4.69) is 19.6 Å². The Hall–Kier alpha value is -0.220. The van der Waals surface area contributed by atoms with Crippen LogP contribution in [-0.4, -0.2) is 35.9 Å². The topological polar surface area (TPSA) is 29.5 Å². The first kappa shape index (κ1) is 12.8. The highest BCUT2D eigenvalue weighted by atomic mass is 32.1. The third kappa shape index (κ3) is 2.88. The van der Waals surface area contributed by atoms with Gasteiger partial charge in [-0.2, -0.15) is 12.6 Å². The molecule has 0 spiro atoms. The lowest BCUT2D eigenvalue weighted by Crippen LogP contribution is -2.40. The van der Waals surface area contributed by atoms with Gasteiger partial charge in [-0.05, 0) is 19.3 Å². The highest BCUT2D eigenvalue weighted by molar-refractivity contribution is 7.80. The number of rotatable bonds is 3. The van der Waals surface area contributed by atoms with Crippen molar-refractivity contribution in [1.82, 2.24) is 4.90 Å². The van der Waals surface area contributed by atoms with Crippen LogP contribution in [0.1, 0.15) is 27.2 Å². The van der Waals surface area contributed by atoms with Crippen LogP contribution in [0.25, 0.3) is 0 Å². The summed E-state index contributed by atoms with van der Waals surface area (Å²) in [4.78, 5) is 14.0. The van der Waals surface area contributed by atoms with Crippen molar-refractivity contribution in [3.8, 4) is 0 Å². The maximum Gasteiger partial charge on any atom is 0.228 e. The fraction of sp³-hybridized carbons (Fsp3) is 0.909. The van der Waals surface area contributed by atoms with Crippen molar-refractivity contribution in [2.24, 2.45) is 11.8 Å². The van der Waals surface area contributed by atoms with Crippen LogP contribution in [-0.2, 0) is 9.53 Å². The Bertz CT molecular complexity index is 235. The summed E-state index contributed by atoms with van der Waals surface area (Å²) in [6.45, 7) is 6.82. The van der Waals surface area contributed by atoms with Gasteiger partial charge in [0.15, 0.2) is 0 Å². The number of hydrogen-bond donors (Lipinski definition) is 1. The van der Waals surface area contributed by atoms with E-state index < -0.39 is 0 Å². The number of nitrogens with zero attached hydrogens (tertiary/aromatic N) is 1. The lowest BCUT2D eigenvalue weighted by Gasteiger charge is -2.27. The summed E-state index contributed by atoms with van der Waals surface area (Å²) >= 11 is 4.44. The Balaban J connectivity index is 2.60. The number of amides is 1. The molecule has 0 aromatic heterocycles. The number of ether oxygens (including phenoxy) is 1. The van der Waals surface area contributed by atoms with E-state index in [9.17, 15) is 4.79 Å². The Morgan fingerprint density at radius 3 is 2.53 bits per heavy atom. The van der Waals surface area contributed by atoms with E-state index in [0.717, 1.165) is 13.0 Å². The van der Waals surface area contributed by atoms with Gasteiger partial charge in [-0.3, -0.25) is 4.79 Å². The molecule has 1 aliphatic rings. The van der Waals surface area contributed by atoms with Crippen LogP contribution >= 0.6 is 12.6 Å². The second kappa shape index (κ2) is 5.21. The van der Waals surface area contributed by atoms with Crippen LogP contribution in [0.3, 0.4) is 0 Å². The summed E-state index contributed by atoms with van der Waals surface area (Å²) in [5, 5.41) is 0.0824. The van der Waals surface area contributed by atoms with Crippen molar-refractivity contribution < 1.29 is 9.53 Å². The van der Waals surface area contributed by atoms with Gasteiger partial charge < -0.3 is 9.64 Å². The zero-order valence-corrected chi connectivity index (χ0v) is 10.8. The maximum atomic E-state index is 12.1. The SMILES string of the molecule is COC(C)C(C)C(=O)N1CC(C)C[C@H]1S. The van der Waals surface area contributed by atoms with E-state index in [-0.39, 0.29) is 23.3 Å². The second-order valence-corrected chi connectivity index (χ2v) is 5.14. The molecule has 3 nitrogen and oxygen atoms in total. The lowest BCUT2D eigenvalue weighted by molar-refractivity contribution is -0.138. The number of methoxy groups -OCH3 is 1. The molecule has 1 heterocycles. The van der Waals surface area contributed by atoms with Gasteiger partial charge in [0, 0.05) is 13.7 Å². The summed E-state index contributed by atoms with van der Waals surface area (Å²) in [5.74, 6) is 0.630. The average Bonchev–Trinajstić information content (AvgIpc) is 2.54. The molecule has 15 heavy (non-hydrogen) atoms. The summed E-state index contributed by atoms with van der Waals surface area (Å²) < 4.78 is 5.18. The van der Waals surface area contributed by atoms with E-state index in [4.69, 9.17) is 4.74 Å². The molecular weight excluding hydrogens is 210 g/mol. The van der Waals surface area contributed by atoms with Gasteiger partial charge in [-0.25, -0.2) is 0 Å². The molecular formula is C11H21NO2S. The van der Waals surface area contributed by atoms with E-state index in [1.54, 1.807) is 7.11 Å². The predicted octanol–water partition coefficient (Wildman–Crippen LogP) is 1.78. The molecule has 4 atom stereocenters. The molecule has 1 fully saturated rings. The molecule has 1 amide bonds. The van der Waals surface area contributed by atoms with Crippen molar-refractivity contribution in [3.63, 3.8) is 0 Å². The zero-order valence-electron chi connectivity index (χ0n) is 9.93. The predicted molar refractivity (Wildman–Crippen MR) is 63.9 cm³/mol. The summed E-state index contributed by atoms with van der Waals surface area (Å²) in [6.07, 6.45) is 0.956. The van der Waals surface area contributed by atoms with E-state index >= 15 is 0 Å². The van der Waals surface area contributed by atoms with Crippen molar-refractivity contribution in [1.29, 1.82) is 0 Å². The summed E-state index contributed by atoms with van der Waals surface area (Å²) in [5.41, 5.74) is 0. The number of carbonyl (C=O) groups is 1. The number of likely N-dealkylation sites (tertiary alicyclic amines) is 1. The van der Waals surface area contributed by atoms with Gasteiger partial charge in [-0.1, -0.05) is 13.8 Å². The van der Waals surface area contributed by atoms with Gasteiger partial charge in [0.25, 0.3) is 0 Å². The van der Waals surface area contributed by atoms with Crippen molar-refractivity contribution in [2.75, 3.05) is 13.7 Å². The number of hydrogen-bond acceptors (Lipinski definition) is 3. The smallest absolute Gasteiger partial charge is 0.228 e. The standard InChI is InChI=1S/C11H21NO2S/c1-7-5-10(15)12(6-7)11(13)8(2)9(3)14-4/h7-10,15H,5-6H2,1-4H3/t7?,8?,9?,10-/m1/s1. The molecule has 0 bridgehead atoms. The van der Waals surface area contributed by atoms with Crippen LogP contribution in [0.2, 0.25) is 0 Å².